The molecule has 0 radical (unpaired) electrons. The predicted molar refractivity (Wildman–Crippen MR) is 80.7 cm³/mol. The van der Waals surface area contributed by atoms with Crippen LogP contribution in [0.5, 0.6) is 0 Å². The van der Waals surface area contributed by atoms with Crippen molar-refractivity contribution in [2.24, 2.45) is 5.92 Å². The molecule has 0 heterocycles. The lowest BCUT2D eigenvalue weighted by Gasteiger charge is -2.34. The highest BCUT2D eigenvalue weighted by Gasteiger charge is 2.49. The minimum absolute atomic E-state index is 0.0787. The first-order chi connectivity index (χ1) is 9.41. The molecule has 1 aliphatic rings. The van der Waals surface area contributed by atoms with Crippen LogP contribution >= 0.6 is 0 Å². The lowest BCUT2D eigenvalue weighted by molar-refractivity contribution is -0.150. The van der Waals surface area contributed by atoms with E-state index in [9.17, 15) is 4.79 Å². The second kappa shape index (κ2) is 7.41. The molecule has 2 unspecified atom stereocenters. The average molecular weight is 285 g/mol. The van der Waals surface area contributed by atoms with Gasteiger partial charge in [-0.15, -0.1) is 0 Å². The van der Waals surface area contributed by atoms with Crippen LogP contribution in [0.15, 0.2) is 0 Å². The van der Waals surface area contributed by atoms with Gasteiger partial charge in [0.05, 0.1) is 12.7 Å². The second-order valence-corrected chi connectivity index (χ2v) is 6.33. The highest BCUT2D eigenvalue weighted by Crippen LogP contribution is 2.39. The lowest BCUT2D eigenvalue weighted by atomic mass is 9.84. The summed E-state index contributed by atoms with van der Waals surface area (Å²) in [5.41, 5.74) is -0.575. The second-order valence-electron chi connectivity index (χ2n) is 6.33. The molecule has 1 fully saturated rings. The summed E-state index contributed by atoms with van der Waals surface area (Å²) in [5.74, 6) is 0.194. The SMILES string of the molecule is CCNC1(C(=O)OC)CCCC1CCOC(C)(C)CC. The Morgan fingerprint density at radius 2 is 2.10 bits per heavy atom. The number of carbonyl (C=O) groups is 1. The van der Waals surface area contributed by atoms with Crippen molar-refractivity contribution >= 4 is 5.97 Å². The van der Waals surface area contributed by atoms with E-state index in [-0.39, 0.29) is 11.6 Å². The molecule has 1 N–H and O–H groups in total. The Labute approximate surface area is 123 Å². The molecule has 0 aliphatic heterocycles. The Hall–Kier alpha value is -0.610. The van der Waals surface area contributed by atoms with Crippen LogP contribution in [0.25, 0.3) is 0 Å². The first-order valence-electron chi connectivity index (χ1n) is 7.89. The van der Waals surface area contributed by atoms with Crippen LogP contribution in [0.4, 0.5) is 0 Å². The predicted octanol–water partition coefficient (Wildman–Crippen LogP) is 2.90. The van der Waals surface area contributed by atoms with Gasteiger partial charge in [-0.05, 0) is 52.0 Å². The molecule has 0 aromatic rings. The molecule has 0 spiro atoms. The maximum Gasteiger partial charge on any atom is 0.326 e. The third-order valence-electron chi connectivity index (χ3n) is 4.67. The Morgan fingerprint density at radius 1 is 1.40 bits per heavy atom. The first kappa shape index (κ1) is 17.4. The smallest absolute Gasteiger partial charge is 0.326 e. The van der Waals surface area contributed by atoms with Crippen LogP contribution < -0.4 is 5.32 Å². The minimum Gasteiger partial charge on any atom is -0.468 e. The third kappa shape index (κ3) is 3.95. The topological polar surface area (TPSA) is 47.6 Å². The fraction of sp³-hybridized carbons (Fsp3) is 0.938. The summed E-state index contributed by atoms with van der Waals surface area (Å²) in [4.78, 5) is 12.2. The van der Waals surface area contributed by atoms with Gasteiger partial charge < -0.3 is 14.8 Å². The van der Waals surface area contributed by atoms with Crippen molar-refractivity contribution in [2.75, 3.05) is 20.3 Å². The van der Waals surface area contributed by atoms with Crippen LogP contribution in [0.1, 0.15) is 59.8 Å². The van der Waals surface area contributed by atoms with E-state index < -0.39 is 5.54 Å². The van der Waals surface area contributed by atoms with Crippen LogP contribution in [-0.4, -0.2) is 37.4 Å². The number of ether oxygens (including phenoxy) is 2. The number of likely N-dealkylation sites (N-methyl/N-ethyl adjacent to an activating group) is 1. The largest absolute Gasteiger partial charge is 0.468 e. The van der Waals surface area contributed by atoms with Gasteiger partial charge in [-0.2, -0.15) is 0 Å². The molecule has 2 atom stereocenters. The quantitative estimate of drug-likeness (QED) is 0.697. The zero-order chi connectivity index (χ0) is 15.2. The van der Waals surface area contributed by atoms with Crippen LogP contribution in [0.3, 0.4) is 0 Å². The van der Waals surface area contributed by atoms with Gasteiger partial charge in [-0.3, -0.25) is 4.79 Å². The molecule has 1 rings (SSSR count). The average Bonchev–Trinajstić information content (AvgIpc) is 2.82. The van der Waals surface area contributed by atoms with Gasteiger partial charge in [0.25, 0.3) is 0 Å². The Bertz CT molecular complexity index is 317. The number of carbonyl (C=O) groups excluding carboxylic acids is 1. The van der Waals surface area contributed by atoms with E-state index >= 15 is 0 Å². The van der Waals surface area contributed by atoms with Crippen molar-refractivity contribution in [1.82, 2.24) is 5.32 Å². The Kier molecular flexibility index (Phi) is 6.46. The maximum atomic E-state index is 12.2. The van der Waals surface area contributed by atoms with Gasteiger partial charge >= 0.3 is 5.97 Å². The minimum atomic E-state index is -0.497. The van der Waals surface area contributed by atoms with Gasteiger partial charge in [0.2, 0.25) is 0 Å². The molecule has 118 valence electrons. The zero-order valence-corrected chi connectivity index (χ0v) is 13.8. The molecule has 0 amide bonds. The summed E-state index contributed by atoms with van der Waals surface area (Å²) in [5, 5.41) is 3.39. The first-order valence-corrected chi connectivity index (χ1v) is 7.89. The van der Waals surface area contributed by atoms with E-state index in [1.807, 2.05) is 6.92 Å². The van der Waals surface area contributed by atoms with Gasteiger partial charge in [-0.1, -0.05) is 20.3 Å². The zero-order valence-electron chi connectivity index (χ0n) is 13.8. The van der Waals surface area contributed by atoms with E-state index in [2.05, 4.69) is 26.1 Å². The van der Waals surface area contributed by atoms with Crippen molar-refractivity contribution in [3.8, 4) is 0 Å². The van der Waals surface area contributed by atoms with Crippen LogP contribution in [-0.2, 0) is 14.3 Å². The van der Waals surface area contributed by atoms with Crippen molar-refractivity contribution in [1.29, 1.82) is 0 Å². The number of esters is 1. The summed E-state index contributed by atoms with van der Waals surface area (Å²) in [6.07, 6.45) is 4.91. The third-order valence-corrected chi connectivity index (χ3v) is 4.67. The van der Waals surface area contributed by atoms with Crippen molar-refractivity contribution < 1.29 is 14.3 Å². The summed E-state index contributed by atoms with van der Waals surface area (Å²) >= 11 is 0. The standard InChI is InChI=1S/C16H31NO3/c1-6-15(3,4)20-12-10-13-9-8-11-16(13,17-7-2)14(18)19-5/h13,17H,6-12H2,1-5H3. The number of nitrogens with one attached hydrogen (secondary N) is 1. The van der Waals surface area contributed by atoms with E-state index in [4.69, 9.17) is 9.47 Å². The molecule has 0 bridgehead atoms. The normalized spacial score (nSPS) is 26.8. The van der Waals surface area contributed by atoms with E-state index in [1.54, 1.807) is 0 Å². The molecule has 4 heteroatoms. The number of methoxy groups -OCH3 is 1. The molecule has 4 nitrogen and oxygen atoms in total. The lowest BCUT2D eigenvalue weighted by Crippen LogP contribution is -2.55. The van der Waals surface area contributed by atoms with E-state index in [1.165, 1.54) is 7.11 Å². The van der Waals surface area contributed by atoms with Gasteiger partial charge in [-0.25, -0.2) is 0 Å². The molecule has 0 aromatic heterocycles. The van der Waals surface area contributed by atoms with E-state index in [0.717, 1.165) is 38.6 Å². The molecular formula is C16H31NO3. The van der Waals surface area contributed by atoms with Crippen molar-refractivity contribution in [3.05, 3.63) is 0 Å². The highest BCUT2D eigenvalue weighted by molar-refractivity contribution is 5.81. The van der Waals surface area contributed by atoms with Gasteiger partial charge in [0.1, 0.15) is 5.54 Å². The van der Waals surface area contributed by atoms with Gasteiger partial charge in [0, 0.05) is 6.61 Å². The maximum absolute atomic E-state index is 12.2. The number of hydrogen-bond acceptors (Lipinski definition) is 4. The monoisotopic (exact) mass is 285 g/mol. The van der Waals surface area contributed by atoms with Crippen molar-refractivity contribution in [2.45, 2.75) is 70.9 Å². The van der Waals surface area contributed by atoms with Crippen LogP contribution in [0, 0.1) is 5.92 Å². The molecule has 0 saturated heterocycles. The molecule has 1 saturated carbocycles. The van der Waals surface area contributed by atoms with E-state index in [0.29, 0.717) is 12.5 Å². The van der Waals surface area contributed by atoms with Crippen LogP contribution in [0.2, 0.25) is 0 Å². The fourth-order valence-electron chi connectivity index (χ4n) is 3.12. The molecule has 1 aliphatic carbocycles. The summed E-state index contributed by atoms with van der Waals surface area (Å²) in [7, 11) is 1.48. The van der Waals surface area contributed by atoms with Gasteiger partial charge in [0.15, 0.2) is 0 Å². The van der Waals surface area contributed by atoms with Crippen molar-refractivity contribution in [3.63, 3.8) is 0 Å². The Balaban J connectivity index is 2.64. The summed E-state index contributed by atoms with van der Waals surface area (Å²) < 4.78 is 11.0. The molecule has 0 aromatic carbocycles. The number of hydrogen-bond donors (Lipinski definition) is 1. The fourth-order valence-corrected chi connectivity index (χ4v) is 3.12. The number of rotatable bonds is 8. The summed E-state index contributed by atoms with van der Waals surface area (Å²) in [6.45, 7) is 9.88. The molecular weight excluding hydrogens is 254 g/mol. The Morgan fingerprint density at radius 3 is 2.65 bits per heavy atom. The summed E-state index contributed by atoms with van der Waals surface area (Å²) in [6, 6.07) is 0. The molecule has 20 heavy (non-hydrogen) atoms. The highest BCUT2D eigenvalue weighted by atomic mass is 16.5.